The van der Waals surface area contributed by atoms with Crippen LogP contribution < -0.4 is 5.73 Å². The molecule has 0 fully saturated rings. The number of hydrogen-bond acceptors (Lipinski definition) is 2. The van der Waals surface area contributed by atoms with E-state index in [0.29, 0.717) is 13.0 Å². The fourth-order valence-corrected chi connectivity index (χ4v) is 2.50. The second kappa shape index (κ2) is 7.04. The Balaban J connectivity index is 2.42. The molecule has 0 saturated carbocycles. The molecule has 1 atom stereocenters. The van der Waals surface area contributed by atoms with Crippen molar-refractivity contribution in [2.45, 2.75) is 25.3 Å². The summed E-state index contributed by atoms with van der Waals surface area (Å²) < 4.78 is 36.1. The van der Waals surface area contributed by atoms with E-state index >= 15 is 0 Å². The quantitative estimate of drug-likeness (QED) is 0.857. The molecule has 18 heavy (non-hydrogen) atoms. The van der Waals surface area contributed by atoms with Gasteiger partial charge in [-0.3, -0.25) is 0 Å². The molecule has 0 aromatic heterocycles. The molecule has 0 spiro atoms. The molecule has 102 valence electrons. The van der Waals surface area contributed by atoms with E-state index in [9.17, 15) is 13.2 Å². The molecule has 0 bridgehead atoms. The van der Waals surface area contributed by atoms with Gasteiger partial charge in [-0.25, -0.2) is 0 Å². The molecule has 0 aliphatic heterocycles. The smallest absolute Gasteiger partial charge is 0.330 e. The molecule has 5 heteroatoms. The van der Waals surface area contributed by atoms with E-state index in [1.54, 1.807) is 0 Å². The molecule has 1 unspecified atom stereocenters. The monoisotopic (exact) mass is 277 g/mol. The lowest BCUT2D eigenvalue weighted by Crippen LogP contribution is -2.18. The highest BCUT2D eigenvalue weighted by molar-refractivity contribution is 8.00. The average Bonchev–Trinajstić information content (AvgIpc) is 2.26. The molecule has 1 nitrogen and oxygen atoms in total. The van der Waals surface area contributed by atoms with Gasteiger partial charge in [-0.2, -0.15) is 13.2 Å². The first-order valence-corrected chi connectivity index (χ1v) is 6.85. The highest BCUT2D eigenvalue weighted by Gasteiger charge is 2.27. The van der Waals surface area contributed by atoms with Gasteiger partial charge in [-0.15, -0.1) is 0 Å². The van der Waals surface area contributed by atoms with Crippen molar-refractivity contribution in [3.05, 3.63) is 35.4 Å². The van der Waals surface area contributed by atoms with E-state index in [0.717, 1.165) is 17.5 Å². The Hall–Kier alpha value is -0.680. The molecule has 1 aromatic rings. The van der Waals surface area contributed by atoms with Crippen molar-refractivity contribution in [3.8, 4) is 0 Å². The third-order valence-electron chi connectivity index (χ3n) is 2.73. The molecule has 0 aliphatic rings. The van der Waals surface area contributed by atoms with Crippen molar-refractivity contribution in [1.82, 2.24) is 0 Å². The highest BCUT2D eigenvalue weighted by Crippen LogP contribution is 2.31. The second-order valence-electron chi connectivity index (χ2n) is 4.38. The van der Waals surface area contributed by atoms with Gasteiger partial charge in [0.15, 0.2) is 0 Å². The second-order valence-corrected chi connectivity index (χ2v) is 5.54. The van der Waals surface area contributed by atoms with Crippen LogP contribution in [0.5, 0.6) is 0 Å². The van der Waals surface area contributed by atoms with E-state index in [2.05, 4.69) is 6.07 Å². The summed E-state index contributed by atoms with van der Waals surface area (Å²) in [7, 11) is 0. The summed E-state index contributed by atoms with van der Waals surface area (Å²) in [6, 6.07) is 8.01. The number of rotatable bonds is 6. The van der Waals surface area contributed by atoms with Crippen molar-refractivity contribution in [2.24, 2.45) is 11.7 Å². The number of aryl methyl sites for hydroxylation is 1. The number of nitrogens with two attached hydrogens (primary N) is 1. The molecule has 1 aromatic carbocycles. The summed E-state index contributed by atoms with van der Waals surface area (Å²) in [5, 5.41) is 0. The third-order valence-corrected chi connectivity index (χ3v) is 3.50. The largest absolute Gasteiger partial charge is 0.441 e. The van der Waals surface area contributed by atoms with Gasteiger partial charge in [0.1, 0.15) is 0 Å². The van der Waals surface area contributed by atoms with E-state index in [-0.39, 0.29) is 23.4 Å². The topological polar surface area (TPSA) is 26.0 Å². The minimum Gasteiger partial charge on any atom is -0.330 e. The number of benzene rings is 1. The lowest BCUT2D eigenvalue weighted by molar-refractivity contribution is -0.0328. The molecular formula is C13H18F3NS. The Morgan fingerprint density at radius 1 is 1.33 bits per heavy atom. The zero-order valence-corrected chi connectivity index (χ0v) is 11.2. The van der Waals surface area contributed by atoms with Crippen LogP contribution in [0.3, 0.4) is 0 Å². The van der Waals surface area contributed by atoms with E-state index in [4.69, 9.17) is 5.73 Å². The highest BCUT2D eigenvalue weighted by atomic mass is 32.2. The standard InChI is InChI=1S/C13H18F3NS/c1-10-3-2-4-11(7-10)8-12(9-17)5-6-18-13(14,15)16/h2-4,7,12H,5-6,8-9,17H2,1H3. The summed E-state index contributed by atoms with van der Waals surface area (Å²) in [6.07, 6.45) is 1.24. The molecule has 2 N–H and O–H groups in total. The first kappa shape index (κ1) is 15.4. The molecule has 0 heterocycles. The summed E-state index contributed by atoms with van der Waals surface area (Å²) in [6.45, 7) is 2.42. The van der Waals surface area contributed by atoms with Gasteiger partial charge in [0.25, 0.3) is 0 Å². The fourth-order valence-electron chi connectivity index (χ4n) is 1.82. The zero-order valence-electron chi connectivity index (χ0n) is 10.3. The van der Waals surface area contributed by atoms with E-state index in [1.807, 2.05) is 25.1 Å². The Morgan fingerprint density at radius 3 is 2.61 bits per heavy atom. The van der Waals surface area contributed by atoms with Gasteiger partial charge in [0, 0.05) is 5.75 Å². The first-order chi connectivity index (χ1) is 8.40. The first-order valence-electron chi connectivity index (χ1n) is 5.87. The maximum atomic E-state index is 12.0. The fraction of sp³-hybridized carbons (Fsp3) is 0.538. The maximum absolute atomic E-state index is 12.0. The van der Waals surface area contributed by atoms with Gasteiger partial charge in [0.05, 0.1) is 0 Å². The van der Waals surface area contributed by atoms with Gasteiger partial charge in [-0.05, 0) is 37.8 Å². The minimum absolute atomic E-state index is 0.0354. The summed E-state index contributed by atoms with van der Waals surface area (Å²) in [5.74, 6) is 0.193. The van der Waals surface area contributed by atoms with Gasteiger partial charge < -0.3 is 5.73 Å². The van der Waals surface area contributed by atoms with Crippen LogP contribution in [0.15, 0.2) is 24.3 Å². The number of halogens is 3. The van der Waals surface area contributed by atoms with Crippen LogP contribution >= 0.6 is 11.8 Å². The summed E-state index contributed by atoms with van der Waals surface area (Å²) >= 11 is 0.0354. The molecule has 0 radical (unpaired) electrons. The maximum Gasteiger partial charge on any atom is 0.441 e. The average molecular weight is 277 g/mol. The lowest BCUT2D eigenvalue weighted by Gasteiger charge is -2.15. The van der Waals surface area contributed by atoms with Gasteiger partial charge in [-0.1, -0.05) is 41.6 Å². The van der Waals surface area contributed by atoms with Crippen LogP contribution in [-0.2, 0) is 6.42 Å². The minimum atomic E-state index is -4.14. The van der Waals surface area contributed by atoms with E-state index < -0.39 is 5.51 Å². The Labute approximate surface area is 110 Å². The molecule has 0 aliphatic carbocycles. The summed E-state index contributed by atoms with van der Waals surface area (Å²) in [5.41, 5.74) is 3.78. The predicted molar refractivity (Wildman–Crippen MR) is 70.6 cm³/mol. The third kappa shape index (κ3) is 6.31. The van der Waals surface area contributed by atoms with Crippen molar-refractivity contribution < 1.29 is 13.2 Å². The van der Waals surface area contributed by atoms with Crippen molar-refractivity contribution in [3.63, 3.8) is 0 Å². The van der Waals surface area contributed by atoms with Crippen LogP contribution in [0.25, 0.3) is 0 Å². The van der Waals surface area contributed by atoms with Crippen LogP contribution in [0.4, 0.5) is 13.2 Å². The normalized spacial score (nSPS) is 13.6. The predicted octanol–water partition coefficient (Wildman–Crippen LogP) is 3.76. The molecule has 0 saturated heterocycles. The van der Waals surface area contributed by atoms with Crippen LogP contribution in [-0.4, -0.2) is 17.8 Å². The zero-order chi connectivity index (χ0) is 13.6. The van der Waals surface area contributed by atoms with Gasteiger partial charge in [0.2, 0.25) is 0 Å². The number of thioether (sulfide) groups is 1. The van der Waals surface area contributed by atoms with Crippen LogP contribution in [0.1, 0.15) is 17.5 Å². The number of alkyl halides is 3. The molecule has 0 amide bonds. The Bertz CT molecular complexity index is 365. The SMILES string of the molecule is Cc1cccc(CC(CN)CCSC(F)(F)F)c1. The molecular weight excluding hydrogens is 259 g/mol. The van der Waals surface area contributed by atoms with Crippen molar-refractivity contribution in [1.29, 1.82) is 0 Å². The van der Waals surface area contributed by atoms with Crippen LogP contribution in [0.2, 0.25) is 0 Å². The number of hydrogen-bond donors (Lipinski definition) is 1. The Kier molecular flexibility index (Phi) is 6.02. The summed E-state index contributed by atoms with van der Waals surface area (Å²) in [4.78, 5) is 0. The Morgan fingerprint density at radius 2 is 2.06 bits per heavy atom. The van der Waals surface area contributed by atoms with Crippen molar-refractivity contribution in [2.75, 3.05) is 12.3 Å². The van der Waals surface area contributed by atoms with Crippen LogP contribution in [0, 0.1) is 12.8 Å². The van der Waals surface area contributed by atoms with Gasteiger partial charge >= 0.3 is 5.51 Å². The van der Waals surface area contributed by atoms with Crippen molar-refractivity contribution >= 4 is 11.8 Å². The molecule has 1 rings (SSSR count). The lowest BCUT2D eigenvalue weighted by atomic mass is 9.96. The van der Waals surface area contributed by atoms with E-state index in [1.165, 1.54) is 0 Å².